The smallest absolute Gasteiger partial charge is 0.272 e. The summed E-state index contributed by atoms with van der Waals surface area (Å²) in [5, 5.41) is 4.56. The van der Waals surface area contributed by atoms with Crippen LogP contribution >= 0.6 is 11.6 Å². The van der Waals surface area contributed by atoms with Gasteiger partial charge >= 0.3 is 0 Å². The molecule has 1 aliphatic heterocycles. The van der Waals surface area contributed by atoms with E-state index in [1.54, 1.807) is 0 Å². The van der Waals surface area contributed by atoms with Gasteiger partial charge < -0.3 is 15.2 Å². The summed E-state index contributed by atoms with van der Waals surface area (Å²) in [7, 11) is 0. The predicted octanol–water partition coefficient (Wildman–Crippen LogP) is 6.99. The molecule has 2 heterocycles. The molecule has 0 saturated carbocycles. The third kappa shape index (κ3) is 5.17. The molecule has 5 nitrogen and oxygen atoms in total. The lowest BCUT2D eigenvalue weighted by Crippen LogP contribution is -2.48. The average molecular weight is 521 g/mol. The van der Waals surface area contributed by atoms with Crippen LogP contribution in [0.3, 0.4) is 0 Å². The zero-order chi connectivity index (χ0) is 25.9. The van der Waals surface area contributed by atoms with Gasteiger partial charge in [0, 0.05) is 53.5 Å². The molecule has 2 N–H and O–H groups in total. The van der Waals surface area contributed by atoms with E-state index < -0.39 is 0 Å². The van der Waals surface area contributed by atoms with Gasteiger partial charge in [0.25, 0.3) is 5.91 Å². The Morgan fingerprint density at radius 1 is 0.763 bits per heavy atom. The van der Waals surface area contributed by atoms with Crippen molar-refractivity contribution in [1.82, 2.24) is 9.88 Å². The molecule has 1 aliphatic rings. The molecule has 1 amide bonds. The molecular formula is C32H29ClN4O. The van der Waals surface area contributed by atoms with E-state index in [0.717, 1.165) is 42.8 Å². The molecule has 190 valence electrons. The Morgan fingerprint density at radius 2 is 1.39 bits per heavy atom. The number of amides is 1. The molecule has 1 fully saturated rings. The number of H-pyrrole nitrogens is 1. The van der Waals surface area contributed by atoms with Gasteiger partial charge in [-0.2, -0.15) is 0 Å². The summed E-state index contributed by atoms with van der Waals surface area (Å²) in [5.41, 5.74) is 5.97. The van der Waals surface area contributed by atoms with Gasteiger partial charge in [0.2, 0.25) is 0 Å². The highest BCUT2D eigenvalue weighted by molar-refractivity contribution is 6.31. The first-order chi connectivity index (χ1) is 18.6. The highest BCUT2D eigenvalue weighted by atomic mass is 35.5. The Bertz CT molecular complexity index is 1490. The minimum Gasteiger partial charge on any atom is -0.369 e. The van der Waals surface area contributed by atoms with Gasteiger partial charge in [-0.25, -0.2) is 0 Å². The molecule has 0 bridgehead atoms. The molecule has 0 spiro atoms. The second-order valence-corrected chi connectivity index (χ2v) is 10.1. The van der Waals surface area contributed by atoms with Gasteiger partial charge in [0.15, 0.2) is 0 Å². The SMILES string of the molecule is O=C(Nc1ccc(N2CCN(C(c3ccccc3)c3ccccc3)CC2)cc1)c1cc2cc(Cl)ccc2[nH]1. The van der Waals surface area contributed by atoms with Crippen molar-refractivity contribution in [2.24, 2.45) is 0 Å². The van der Waals surface area contributed by atoms with Crippen molar-refractivity contribution in [2.75, 3.05) is 36.4 Å². The van der Waals surface area contributed by atoms with Gasteiger partial charge in [-0.15, -0.1) is 0 Å². The minimum atomic E-state index is -0.174. The number of hydrogen-bond acceptors (Lipinski definition) is 3. The van der Waals surface area contributed by atoms with Crippen LogP contribution < -0.4 is 10.2 Å². The largest absolute Gasteiger partial charge is 0.369 e. The van der Waals surface area contributed by atoms with Crippen molar-refractivity contribution >= 4 is 39.8 Å². The summed E-state index contributed by atoms with van der Waals surface area (Å²) in [5.74, 6) is -0.174. The van der Waals surface area contributed by atoms with Crippen LogP contribution in [0.2, 0.25) is 5.02 Å². The number of rotatable bonds is 6. The van der Waals surface area contributed by atoms with E-state index in [1.807, 2.05) is 36.4 Å². The van der Waals surface area contributed by atoms with Gasteiger partial charge in [0.05, 0.1) is 6.04 Å². The van der Waals surface area contributed by atoms with Gasteiger partial charge in [-0.3, -0.25) is 9.69 Å². The molecule has 1 saturated heterocycles. The molecular weight excluding hydrogens is 492 g/mol. The van der Waals surface area contributed by atoms with Crippen LogP contribution in [-0.4, -0.2) is 42.0 Å². The number of benzene rings is 4. The van der Waals surface area contributed by atoms with E-state index in [0.29, 0.717) is 10.7 Å². The number of carbonyl (C=O) groups excluding carboxylic acids is 1. The van der Waals surface area contributed by atoms with Crippen LogP contribution in [0.25, 0.3) is 10.9 Å². The maximum Gasteiger partial charge on any atom is 0.272 e. The van der Waals surface area contributed by atoms with Crippen LogP contribution in [-0.2, 0) is 0 Å². The summed E-state index contributed by atoms with van der Waals surface area (Å²) >= 11 is 6.07. The van der Waals surface area contributed by atoms with Gasteiger partial charge in [-0.05, 0) is 59.7 Å². The maximum absolute atomic E-state index is 12.8. The van der Waals surface area contributed by atoms with E-state index in [1.165, 1.54) is 16.8 Å². The van der Waals surface area contributed by atoms with Crippen molar-refractivity contribution in [3.05, 3.63) is 131 Å². The Kier molecular flexibility index (Phi) is 6.86. The monoisotopic (exact) mass is 520 g/mol. The molecule has 5 aromatic rings. The lowest BCUT2D eigenvalue weighted by molar-refractivity contribution is 0.102. The van der Waals surface area contributed by atoms with E-state index in [-0.39, 0.29) is 11.9 Å². The number of aromatic amines is 1. The maximum atomic E-state index is 12.8. The Hall–Kier alpha value is -4.06. The summed E-state index contributed by atoms with van der Waals surface area (Å²) in [6.07, 6.45) is 0. The first kappa shape index (κ1) is 24.3. The minimum absolute atomic E-state index is 0.174. The van der Waals surface area contributed by atoms with Crippen LogP contribution in [0.15, 0.2) is 109 Å². The van der Waals surface area contributed by atoms with Crippen LogP contribution in [0.5, 0.6) is 0 Å². The third-order valence-electron chi connectivity index (χ3n) is 7.23. The fourth-order valence-corrected chi connectivity index (χ4v) is 5.48. The zero-order valence-corrected chi connectivity index (χ0v) is 21.7. The molecule has 0 radical (unpaired) electrons. The van der Waals surface area contributed by atoms with Crippen molar-refractivity contribution in [3.8, 4) is 0 Å². The van der Waals surface area contributed by atoms with Crippen LogP contribution in [0.4, 0.5) is 11.4 Å². The fraction of sp³-hybridized carbons (Fsp3) is 0.156. The quantitative estimate of drug-likeness (QED) is 0.254. The van der Waals surface area contributed by atoms with Crippen molar-refractivity contribution in [2.45, 2.75) is 6.04 Å². The summed E-state index contributed by atoms with van der Waals surface area (Å²) < 4.78 is 0. The summed E-state index contributed by atoms with van der Waals surface area (Å²) in [6.45, 7) is 3.83. The molecule has 0 aliphatic carbocycles. The molecule has 1 aromatic heterocycles. The standard InChI is InChI=1S/C32H29ClN4O/c33-26-11-16-29-25(21-26)22-30(35-29)32(38)34-27-12-14-28(15-13-27)36-17-19-37(20-18-36)31(23-7-3-1-4-8-23)24-9-5-2-6-10-24/h1-16,21-22,31,35H,17-20H2,(H,34,38). The first-order valence-electron chi connectivity index (χ1n) is 12.9. The molecule has 6 heteroatoms. The highest BCUT2D eigenvalue weighted by Crippen LogP contribution is 2.30. The number of nitrogens with one attached hydrogen (secondary N) is 2. The van der Waals surface area contributed by atoms with E-state index in [2.05, 4.69) is 92.9 Å². The molecule has 0 unspecified atom stereocenters. The third-order valence-corrected chi connectivity index (χ3v) is 7.46. The van der Waals surface area contributed by atoms with E-state index >= 15 is 0 Å². The summed E-state index contributed by atoms with van der Waals surface area (Å²) in [6, 6.07) is 37.2. The lowest BCUT2D eigenvalue weighted by Gasteiger charge is -2.40. The zero-order valence-electron chi connectivity index (χ0n) is 21.0. The number of anilines is 2. The number of carbonyl (C=O) groups is 1. The number of fused-ring (bicyclic) bond motifs is 1. The number of nitrogens with zero attached hydrogens (tertiary/aromatic N) is 2. The molecule has 4 aromatic carbocycles. The first-order valence-corrected chi connectivity index (χ1v) is 13.3. The van der Waals surface area contributed by atoms with E-state index in [9.17, 15) is 4.79 Å². The fourth-order valence-electron chi connectivity index (χ4n) is 5.30. The van der Waals surface area contributed by atoms with Gasteiger partial charge in [0.1, 0.15) is 5.69 Å². The number of piperazine rings is 1. The van der Waals surface area contributed by atoms with Crippen LogP contribution in [0, 0.1) is 0 Å². The Labute approximate surface area is 227 Å². The van der Waals surface area contributed by atoms with Crippen molar-refractivity contribution in [3.63, 3.8) is 0 Å². The molecule has 0 atom stereocenters. The van der Waals surface area contributed by atoms with Gasteiger partial charge in [-0.1, -0.05) is 72.3 Å². The predicted molar refractivity (Wildman–Crippen MR) is 156 cm³/mol. The Morgan fingerprint density at radius 3 is 2.03 bits per heavy atom. The second-order valence-electron chi connectivity index (χ2n) is 9.66. The molecule has 6 rings (SSSR count). The second kappa shape index (κ2) is 10.7. The van der Waals surface area contributed by atoms with Crippen LogP contribution in [0.1, 0.15) is 27.7 Å². The lowest BCUT2D eigenvalue weighted by atomic mass is 9.96. The van der Waals surface area contributed by atoms with Crippen molar-refractivity contribution in [1.29, 1.82) is 0 Å². The summed E-state index contributed by atoms with van der Waals surface area (Å²) in [4.78, 5) is 20.9. The average Bonchev–Trinajstić information content (AvgIpc) is 3.39. The van der Waals surface area contributed by atoms with E-state index in [4.69, 9.17) is 11.6 Å². The van der Waals surface area contributed by atoms with Crippen molar-refractivity contribution < 1.29 is 4.79 Å². The Balaban J connectivity index is 1.11. The number of hydrogen-bond donors (Lipinski definition) is 2. The topological polar surface area (TPSA) is 51.4 Å². The molecule has 38 heavy (non-hydrogen) atoms. The highest BCUT2D eigenvalue weighted by Gasteiger charge is 2.26. The normalized spacial score (nSPS) is 14.2. The number of halogens is 1. The number of aromatic nitrogens is 1.